The molecule has 27 heavy (non-hydrogen) atoms. The molecule has 1 aliphatic heterocycles. The molecule has 0 fully saturated rings. The molecular formula is C17H13F5N4O. The van der Waals surface area contributed by atoms with Crippen molar-refractivity contribution in [3.8, 4) is 0 Å². The third-order valence-corrected chi connectivity index (χ3v) is 3.98. The Balaban J connectivity index is 1.96. The monoisotopic (exact) mass is 384 g/mol. The van der Waals surface area contributed by atoms with Crippen LogP contribution in [0.15, 0.2) is 35.5 Å². The highest BCUT2D eigenvalue weighted by Crippen LogP contribution is 2.43. The summed E-state index contributed by atoms with van der Waals surface area (Å²) in [5, 5.41) is 2.21. The molecule has 0 saturated carbocycles. The van der Waals surface area contributed by atoms with Crippen molar-refractivity contribution >= 4 is 17.4 Å². The number of amidine groups is 1. The maximum atomic E-state index is 14.2. The quantitative estimate of drug-likeness (QED) is 0.794. The van der Waals surface area contributed by atoms with Gasteiger partial charge in [-0.3, -0.25) is 9.79 Å². The van der Waals surface area contributed by atoms with Crippen LogP contribution in [0.2, 0.25) is 0 Å². The van der Waals surface area contributed by atoms with Gasteiger partial charge < -0.3 is 11.1 Å². The molecule has 3 rings (SSSR count). The van der Waals surface area contributed by atoms with Crippen molar-refractivity contribution in [1.82, 2.24) is 4.98 Å². The Kier molecular flexibility index (Phi) is 4.81. The van der Waals surface area contributed by atoms with Gasteiger partial charge in [0, 0.05) is 30.2 Å². The van der Waals surface area contributed by atoms with Crippen LogP contribution in [-0.4, -0.2) is 22.6 Å². The molecule has 1 amide bonds. The fraction of sp³-hybridized carbons (Fsp3) is 0.235. The normalized spacial score (nSPS) is 18.7. The van der Waals surface area contributed by atoms with E-state index in [4.69, 9.17) is 5.73 Å². The lowest BCUT2D eigenvalue weighted by Gasteiger charge is -2.29. The van der Waals surface area contributed by atoms with Crippen LogP contribution in [0.1, 0.15) is 34.9 Å². The van der Waals surface area contributed by atoms with E-state index in [9.17, 15) is 26.7 Å². The zero-order valence-corrected chi connectivity index (χ0v) is 13.6. The average Bonchev–Trinajstić information content (AvgIpc) is 2.61. The van der Waals surface area contributed by atoms with Gasteiger partial charge in [-0.25, -0.2) is 26.9 Å². The number of nitrogens with two attached hydrogens (primary N) is 1. The lowest BCUT2D eigenvalue weighted by atomic mass is 9.93. The van der Waals surface area contributed by atoms with Gasteiger partial charge in [0.25, 0.3) is 11.8 Å². The predicted octanol–water partition coefficient (Wildman–Crippen LogP) is 3.58. The van der Waals surface area contributed by atoms with E-state index in [2.05, 4.69) is 15.3 Å². The topological polar surface area (TPSA) is 80.4 Å². The first-order chi connectivity index (χ1) is 12.7. The lowest BCUT2D eigenvalue weighted by molar-refractivity contribution is -0.0371. The number of aromatic nitrogens is 1. The molecule has 1 aromatic heterocycles. The average molecular weight is 384 g/mol. The summed E-state index contributed by atoms with van der Waals surface area (Å²) in [7, 11) is 0. The van der Waals surface area contributed by atoms with Gasteiger partial charge in [-0.2, -0.15) is 0 Å². The Hall–Kier alpha value is -3.04. The molecule has 10 heteroatoms. The number of aliphatic imine (C=N–C) groups is 1. The number of carbonyl (C=O) groups excluding carboxylic acids is 1. The maximum Gasteiger partial charge on any atom is 0.274 e. The Morgan fingerprint density at radius 2 is 1.96 bits per heavy atom. The molecule has 1 aromatic carbocycles. The standard InChI is InChI=1S/C17H13F5N4O/c18-8-1-2-12(24-7-8)16(27)25-9-5-10(14(20)11(19)6-9)15-17(21,22)4-3-13(23)26-15/h1-2,5-7,15H,3-4H2,(H2,23,26)(H,25,27). The van der Waals surface area contributed by atoms with E-state index >= 15 is 0 Å². The SMILES string of the molecule is NC1=NC(c2cc(NC(=O)c3ccc(F)cn3)cc(F)c2F)C(F)(F)CC1. The van der Waals surface area contributed by atoms with Crippen LogP contribution in [0, 0.1) is 17.5 Å². The fourth-order valence-corrected chi connectivity index (χ4v) is 2.64. The number of alkyl halides is 2. The third kappa shape index (κ3) is 3.88. The van der Waals surface area contributed by atoms with E-state index in [1.165, 1.54) is 0 Å². The minimum Gasteiger partial charge on any atom is -0.387 e. The van der Waals surface area contributed by atoms with Gasteiger partial charge in [-0.1, -0.05) is 0 Å². The number of nitrogens with zero attached hydrogens (tertiary/aromatic N) is 2. The molecule has 142 valence electrons. The summed E-state index contributed by atoms with van der Waals surface area (Å²) in [5.41, 5.74) is 4.26. The van der Waals surface area contributed by atoms with E-state index in [0.29, 0.717) is 6.07 Å². The number of anilines is 1. The van der Waals surface area contributed by atoms with E-state index in [1.54, 1.807) is 0 Å². The van der Waals surface area contributed by atoms with Gasteiger partial charge in [0.1, 0.15) is 17.6 Å². The van der Waals surface area contributed by atoms with E-state index in [0.717, 1.165) is 24.4 Å². The molecule has 0 bridgehead atoms. The summed E-state index contributed by atoms with van der Waals surface area (Å²) >= 11 is 0. The smallest absolute Gasteiger partial charge is 0.274 e. The van der Waals surface area contributed by atoms with Crippen LogP contribution in [0.25, 0.3) is 0 Å². The molecule has 0 spiro atoms. The van der Waals surface area contributed by atoms with Crippen LogP contribution in [0.5, 0.6) is 0 Å². The van der Waals surface area contributed by atoms with Gasteiger partial charge in [-0.15, -0.1) is 0 Å². The summed E-state index contributed by atoms with van der Waals surface area (Å²) in [5.74, 6) is -8.00. The van der Waals surface area contributed by atoms with Crippen LogP contribution in [0.4, 0.5) is 27.6 Å². The highest BCUT2D eigenvalue weighted by Gasteiger charge is 2.44. The van der Waals surface area contributed by atoms with Crippen molar-refractivity contribution in [2.45, 2.75) is 24.8 Å². The number of benzene rings is 1. The zero-order chi connectivity index (χ0) is 19.8. The molecule has 1 unspecified atom stereocenters. The fourth-order valence-electron chi connectivity index (χ4n) is 2.64. The first kappa shape index (κ1) is 18.7. The first-order valence-electron chi connectivity index (χ1n) is 7.79. The Bertz CT molecular complexity index is 914. The molecule has 1 atom stereocenters. The van der Waals surface area contributed by atoms with E-state index in [1.807, 2.05) is 0 Å². The molecular weight excluding hydrogens is 371 g/mol. The van der Waals surface area contributed by atoms with Crippen molar-refractivity contribution in [3.05, 3.63) is 59.2 Å². The Labute approximate surface area is 150 Å². The summed E-state index contributed by atoms with van der Waals surface area (Å²) in [6.45, 7) is 0. The Morgan fingerprint density at radius 3 is 2.63 bits per heavy atom. The summed E-state index contributed by atoms with van der Waals surface area (Å²) in [6.07, 6.45) is -0.0317. The second-order valence-electron chi connectivity index (χ2n) is 5.96. The van der Waals surface area contributed by atoms with Crippen LogP contribution >= 0.6 is 0 Å². The number of amides is 1. The summed E-state index contributed by atoms with van der Waals surface area (Å²) in [4.78, 5) is 19.2. The first-order valence-corrected chi connectivity index (χ1v) is 7.79. The van der Waals surface area contributed by atoms with Crippen molar-refractivity contribution in [1.29, 1.82) is 0 Å². The highest BCUT2D eigenvalue weighted by atomic mass is 19.3. The number of carbonyl (C=O) groups is 1. The zero-order valence-electron chi connectivity index (χ0n) is 13.6. The molecule has 0 radical (unpaired) electrons. The van der Waals surface area contributed by atoms with Crippen LogP contribution in [-0.2, 0) is 0 Å². The molecule has 0 aliphatic carbocycles. The highest BCUT2D eigenvalue weighted by molar-refractivity contribution is 6.02. The third-order valence-electron chi connectivity index (χ3n) is 3.98. The molecule has 2 aromatic rings. The van der Waals surface area contributed by atoms with Crippen molar-refractivity contribution in [2.24, 2.45) is 10.7 Å². The van der Waals surface area contributed by atoms with E-state index < -0.39 is 47.3 Å². The molecule has 1 aliphatic rings. The van der Waals surface area contributed by atoms with Gasteiger partial charge in [-0.05, 0) is 18.2 Å². The lowest BCUT2D eigenvalue weighted by Crippen LogP contribution is -2.34. The molecule has 2 heterocycles. The minimum absolute atomic E-state index is 0.101. The second kappa shape index (κ2) is 6.93. The second-order valence-corrected chi connectivity index (χ2v) is 5.96. The molecule has 3 N–H and O–H groups in total. The number of hydrogen-bond donors (Lipinski definition) is 2. The van der Waals surface area contributed by atoms with Crippen molar-refractivity contribution in [3.63, 3.8) is 0 Å². The molecule has 0 saturated heterocycles. The number of pyridine rings is 1. The summed E-state index contributed by atoms with van der Waals surface area (Å²) in [6, 6.07) is 1.54. The van der Waals surface area contributed by atoms with Gasteiger partial charge in [0.05, 0.1) is 12.0 Å². The Morgan fingerprint density at radius 1 is 1.22 bits per heavy atom. The van der Waals surface area contributed by atoms with Gasteiger partial charge in [0.2, 0.25) is 0 Å². The summed E-state index contributed by atoms with van der Waals surface area (Å²) < 4.78 is 69.3. The van der Waals surface area contributed by atoms with Crippen molar-refractivity contribution in [2.75, 3.05) is 5.32 Å². The molecule has 5 nitrogen and oxygen atoms in total. The van der Waals surface area contributed by atoms with Gasteiger partial charge >= 0.3 is 0 Å². The number of nitrogens with one attached hydrogen (secondary N) is 1. The van der Waals surface area contributed by atoms with Gasteiger partial charge in [0.15, 0.2) is 11.6 Å². The minimum atomic E-state index is -3.43. The number of rotatable bonds is 3. The number of halogens is 5. The van der Waals surface area contributed by atoms with Crippen LogP contribution < -0.4 is 11.1 Å². The van der Waals surface area contributed by atoms with Crippen LogP contribution in [0.3, 0.4) is 0 Å². The number of hydrogen-bond acceptors (Lipinski definition) is 4. The predicted molar refractivity (Wildman–Crippen MR) is 87.1 cm³/mol. The largest absolute Gasteiger partial charge is 0.387 e. The van der Waals surface area contributed by atoms with E-state index in [-0.39, 0.29) is 23.6 Å². The van der Waals surface area contributed by atoms with Crippen molar-refractivity contribution < 1.29 is 26.7 Å². The maximum absolute atomic E-state index is 14.2.